The summed E-state index contributed by atoms with van der Waals surface area (Å²) < 4.78 is 12.8. The van der Waals surface area contributed by atoms with Crippen LogP contribution in [0.25, 0.3) is 0 Å². The molecular weight excluding hydrogens is 333 g/mol. The van der Waals surface area contributed by atoms with Gasteiger partial charge in [0, 0.05) is 38.3 Å². The van der Waals surface area contributed by atoms with E-state index in [4.69, 9.17) is 0 Å². The summed E-state index contributed by atoms with van der Waals surface area (Å²) in [6.45, 7) is 2.16. The molecule has 3 rings (SSSR count). The van der Waals surface area contributed by atoms with Crippen LogP contribution in [0.4, 0.5) is 14.9 Å². The van der Waals surface area contributed by atoms with Gasteiger partial charge in [-0.15, -0.1) is 0 Å². The lowest BCUT2D eigenvalue weighted by molar-refractivity contribution is -0.121. The molecular formula is C20H22FN3O2. The van der Waals surface area contributed by atoms with Crippen LogP contribution in [0.5, 0.6) is 0 Å². The van der Waals surface area contributed by atoms with Crippen molar-refractivity contribution in [3.8, 4) is 0 Å². The van der Waals surface area contributed by atoms with Crippen LogP contribution in [0.1, 0.15) is 12.0 Å². The van der Waals surface area contributed by atoms with Gasteiger partial charge in [0.2, 0.25) is 5.91 Å². The van der Waals surface area contributed by atoms with Gasteiger partial charge in [0.05, 0.1) is 0 Å². The molecule has 1 aliphatic rings. The molecule has 2 aromatic rings. The lowest BCUT2D eigenvalue weighted by Crippen LogP contribution is -2.35. The summed E-state index contributed by atoms with van der Waals surface area (Å²) in [6, 6.07) is 15.7. The first-order valence-electron chi connectivity index (χ1n) is 8.76. The van der Waals surface area contributed by atoms with E-state index in [1.54, 1.807) is 21.9 Å². The van der Waals surface area contributed by atoms with E-state index in [-0.39, 0.29) is 24.2 Å². The molecule has 0 spiro atoms. The Labute approximate surface area is 152 Å². The molecule has 1 N–H and O–H groups in total. The lowest BCUT2D eigenvalue weighted by atomic mass is 10.1. The van der Waals surface area contributed by atoms with Crippen molar-refractivity contribution in [3.63, 3.8) is 0 Å². The first-order chi connectivity index (χ1) is 12.6. The number of hydrogen-bond donors (Lipinski definition) is 1. The summed E-state index contributed by atoms with van der Waals surface area (Å²) in [6.07, 6.45) is 0.925. The Morgan fingerprint density at radius 2 is 1.77 bits per heavy atom. The van der Waals surface area contributed by atoms with E-state index in [0.29, 0.717) is 32.6 Å². The lowest BCUT2D eigenvalue weighted by Gasteiger charge is -2.18. The smallest absolute Gasteiger partial charge is 0.324 e. The number of nitrogens with one attached hydrogen (secondary N) is 1. The maximum Gasteiger partial charge on any atom is 0.324 e. The molecule has 0 aliphatic carbocycles. The molecule has 136 valence electrons. The highest BCUT2D eigenvalue weighted by molar-refractivity contribution is 5.94. The highest BCUT2D eigenvalue weighted by Gasteiger charge is 2.29. The van der Waals surface area contributed by atoms with Gasteiger partial charge in [-0.1, -0.05) is 30.3 Å². The second-order valence-electron chi connectivity index (χ2n) is 6.23. The summed E-state index contributed by atoms with van der Waals surface area (Å²) in [4.78, 5) is 27.8. The number of anilines is 1. The Balaban J connectivity index is 1.39. The number of nitrogens with zero attached hydrogens (tertiary/aromatic N) is 2. The monoisotopic (exact) mass is 355 g/mol. The summed E-state index contributed by atoms with van der Waals surface area (Å²) in [7, 11) is 0. The molecule has 0 radical (unpaired) electrons. The minimum atomic E-state index is -0.266. The molecule has 2 aromatic carbocycles. The van der Waals surface area contributed by atoms with Crippen molar-refractivity contribution in [2.75, 3.05) is 31.1 Å². The summed E-state index contributed by atoms with van der Waals surface area (Å²) >= 11 is 0. The zero-order chi connectivity index (χ0) is 18.4. The normalized spacial score (nSPS) is 14.0. The third-order valence-electron chi connectivity index (χ3n) is 4.42. The van der Waals surface area contributed by atoms with Crippen LogP contribution in [-0.2, 0) is 11.2 Å². The van der Waals surface area contributed by atoms with E-state index in [9.17, 15) is 14.0 Å². The molecule has 0 atom stereocenters. The van der Waals surface area contributed by atoms with Crippen molar-refractivity contribution in [2.45, 2.75) is 12.8 Å². The van der Waals surface area contributed by atoms with Gasteiger partial charge >= 0.3 is 6.03 Å². The second kappa shape index (κ2) is 8.47. The van der Waals surface area contributed by atoms with Gasteiger partial charge in [-0.25, -0.2) is 9.18 Å². The van der Waals surface area contributed by atoms with Crippen molar-refractivity contribution in [2.24, 2.45) is 0 Å². The van der Waals surface area contributed by atoms with Crippen molar-refractivity contribution in [1.29, 1.82) is 0 Å². The quantitative estimate of drug-likeness (QED) is 0.830. The van der Waals surface area contributed by atoms with E-state index in [2.05, 4.69) is 5.32 Å². The third kappa shape index (κ3) is 4.59. The minimum Gasteiger partial charge on any atom is -0.356 e. The topological polar surface area (TPSA) is 52.7 Å². The number of halogens is 1. The Bertz CT molecular complexity index is 749. The molecule has 0 aromatic heterocycles. The fraction of sp³-hybridized carbons (Fsp3) is 0.300. The first-order valence-corrected chi connectivity index (χ1v) is 8.76. The fourth-order valence-electron chi connectivity index (χ4n) is 2.96. The SMILES string of the molecule is O=C(CCN1CCN(c2ccccc2)C1=O)NCCc1ccc(F)cc1. The third-order valence-corrected chi connectivity index (χ3v) is 4.42. The molecule has 1 aliphatic heterocycles. The number of urea groups is 1. The number of benzene rings is 2. The van der Waals surface area contributed by atoms with Gasteiger partial charge in [0.1, 0.15) is 5.82 Å². The zero-order valence-electron chi connectivity index (χ0n) is 14.5. The number of para-hydroxylation sites is 1. The van der Waals surface area contributed by atoms with E-state index in [1.165, 1.54) is 12.1 Å². The highest BCUT2D eigenvalue weighted by atomic mass is 19.1. The van der Waals surface area contributed by atoms with Crippen LogP contribution in [0.15, 0.2) is 54.6 Å². The summed E-state index contributed by atoms with van der Waals surface area (Å²) in [5.41, 5.74) is 1.85. The molecule has 1 saturated heterocycles. The first kappa shape index (κ1) is 17.9. The number of amides is 3. The van der Waals surface area contributed by atoms with Gasteiger partial charge in [-0.3, -0.25) is 9.69 Å². The van der Waals surface area contributed by atoms with E-state index >= 15 is 0 Å². The Hall–Kier alpha value is -2.89. The van der Waals surface area contributed by atoms with Crippen LogP contribution in [-0.4, -0.2) is 43.0 Å². The Morgan fingerprint density at radius 3 is 2.50 bits per heavy atom. The average Bonchev–Trinajstić information content (AvgIpc) is 3.03. The van der Waals surface area contributed by atoms with Crippen LogP contribution < -0.4 is 10.2 Å². The van der Waals surface area contributed by atoms with Gasteiger partial charge in [0.25, 0.3) is 0 Å². The van der Waals surface area contributed by atoms with Gasteiger partial charge in [0.15, 0.2) is 0 Å². The molecule has 1 heterocycles. The maximum absolute atomic E-state index is 12.8. The molecule has 0 unspecified atom stereocenters. The molecule has 1 fully saturated rings. The van der Waals surface area contributed by atoms with Crippen molar-refractivity contribution in [3.05, 3.63) is 66.0 Å². The van der Waals surface area contributed by atoms with E-state index in [0.717, 1.165) is 11.3 Å². The van der Waals surface area contributed by atoms with E-state index < -0.39 is 0 Å². The second-order valence-corrected chi connectivity index (χ2v) is 6.23. The van der Waals surface area contributed by atoms with Crippen LogP contribution >= 0.6 is 0 Å². The number of carbonyl (C=O) groups excluding carboxylic acids is 2. The molecule has 26 heavy (non-hydrogen) atoms. The van der Waals surface area contributed by atoms with Crippen molar-refractivity contribution < 1.29 is 14.0 Å². The minimum absolute atomic E-state index is 0.0599. The molecule has 0 bridgehead atoms. The van der Waals surface area contributed by atoms with Gasteiger partial charge in [-0.2, -0.15) is 0 Å². The summed E-state index contributed by atoms with van der Waals surface area (Å²) in [5, 5.41) is 2.84. The fourth-order valence-corrected chi connectivity index (χ4v) is 2.96. The number of carbonyl (C=O) groups is 2. The molecule has 3 amide bonds. The standard InChI is InChI=1S/C20H22FN3O2/c21-17-8-6-16(7-9-17)10-12-22-19(25)11-13-23-14-15-24(20(23)26)18-4-2-1-3-5-18/h1-9H,10-15H2,(H,22,25). The maximum atomic E-state index is 12.8. The molecule has 5 nitrogen and oxygen atoms in total. The molecule has 0 saturated carbocycles. The highest BCUT2D eigenvalue weighted by Crippen LogP contribution is 2.19. The molecule has 6 heteroatoms. The predicted octanol–water partition coefficient (Wildman–Crippen LogP) is 2.82. The van der Waals surface area contributed by atoms with Gasteiger partial charge < -0.3 is 10.2 Å². The predicted molar refractivity (Wildman–Crippen MR) is 98.5 cm³/mol. The Morgan fingerprint density at radius 1 is 1.04 bits per heavy atom. The van der Waals surface area contributed by atoms with E-state index in [1.807, 2.05) is 30.3 Å². The zero-order valence-corrected chi connectivity index (χ0v) is 14.5. The van der Waals surface area contributed by atoms with Crippen LogP contribution in [0.2, 0.25) is 0 Å². The van der Waals surface area contributed by atoms with Crippen molar-refractivity contribution in [1.82, 2.24) is 10.2 Å². The summed E-state index contributed by atoms with van der Waals surface area (Å²) in [5.74, 6) is -0.351. The van der Waals surface area contributed by atoms with Gasteiger partial charge in [-0.05, 0) is 36.2 Å². The number of hydrogen-bond acceptors (Lipinski definition) is 2. The Kier molecular flexibility index (Phi) is 5.84. The number of rotatable bonds is 7. The van der Waals surface area contributed by atoms with Crippen LogP contribution in [0.3, 0.4) is 0 Å². The average molecular weight is 355 g/mol. The largest absolute Gasteiger partial charge is 0.356 e. The van der Waals surface area contributed by atoms with Crippen molar-refractivity contribution >= 4 is 17.6 Å². The van der Waals surface area contributed by atoms with Crippen LogP contribution in [0, 0.1) is 5.82 Å².